The number of amides is 2. The van der Waals surface area contributed by atoms with Gasteiger partial charge < -0.3 is 29.7 Å². The van der Waals surface area contributed by atoms with E-state index in [1.807, 2.05) is 12.1 Å². The molecule has 0 saturated carbocycles. The van der Waals surface area contributed by atoms with Gasteiger partial charge in [-0.15, -0.1) is 0 Å². The van der Waals surface area contributed by atoms with E-state index in [1.54, 1.807) is 24.0 Å². The quantitative estimate of drug-likeness (QED) is 0.546. The van der Waals surface area contributed by atoms with Crippen LogP contribution in [0.1, 0.15) is 42.9 Å². The first-order chi connectivity index (χ1) is 15.5. The molecule has 2 aliphatic rings. The number of likely N-dealkylation sites (tertiary alicyclic amines) is 1. The summed E-state index contributed by atoms with van der Waals surface area (Å²) in [5.74, 6) is 1.12. The van der Waals surface area contributed by atoms with Gasteiger partial charge in [0.25, 0.3) is 0 Å². The van der Waals surface area contributed by atoms with E-state index in [0.29, 0.717) is 44.0 Å². The van der Waals surface area contributed by atoms with Crippen LogP contribution in [0.2, 0.25) is 0 Å². The summed E-state index contributed by atoms with van der Waals surface area (Å²) in [5.41, 5.74) is 2.06. The summed E-state index contributed by atoms with van der Waals surface area (Å²) in [6.07, 6.45) is 2.95. The molecule has 1 fully saturated rings. The summed E-state index contributed by atoms with van der Waals surface area (Å²) in [7, 11) is 3.17. The first-order valence-electron chi connectivity index (χ1n) is 11.1. The van der Waals surface area contributed by atoms with E-state index in [-0.39, 0.29) is 43.5 Å². The van der Waals surface area contributed by atoms with Crippen LogP contribution in [-0.4, -0.2) is 79.8 Å². The fourth-order valence-electron chi connectivity index (χ4n) is 4.60. The van der Waals surface area contributed by atoms with Crippen LogP contribution in [0.3, 0.4) is 0 Å². The van der Waals surface area contributed by atoms with Crippen molar-refractivity contribution in [3.63, 3.8) is 0 Å². The maximum Gasteiger partial charge on any atom is 0.237 e. The summed E-state index contributed by atoms with van der Waals surface area (Å²) in [6.45, 7) is 1.62. The van der Waals surface area contributed by atoms with E-state index in [1.165, 1.54) is 0 Å². The molecule has 1 aromatic rings. The van der Waals surface area contributed by atoms with Crippen molar-refractivity contribution < 1.29 is 24.2 Å². The molecule has 32 heavy (non-hydrogen) atoms. The third-order valence-electron chi connectivity index (χ3n) is 6.24. The average Bonchev–Trinajstić information content (AvgIpc) is 3.30. The highest BCUT2D eigenvalue weighted by Gasteiger charge is 2.32. The standard InChI is InChI=1S/C23H32N4O5/c1-31-20-12-16-6-10-27(19(7-11-28)18(16)13-21(20)32-2)22(29)5-8-25-15-23(30)26-9-3-4-17(26)14-24/h12-13,17,19,25,28H,3-11,15H2,1-2H3. The number of nitriles is 1. The number of hydrogen-bond donors (Lipinski definition) is 2. The number of hydrogen-bond acceptors (Lipinski definition) is 7. The molecule has 174 valence electrons. The van der Waals surface area contributed by atoms with Crippen LogP contribution in [0.25, 0.3) is 0 Å². The van der Waals surface area contributed by atoms with Crippen LogP contribution in [0.5, 0.6) is 11.5 Å². The summed E-state index contributed by atoms with van der Waals surface area (Å²) in [6, 6.07) is 5.43. The molecular weight excluding hydrogens is 412 g/mol. The molecule has 2 unspecified atom stereocenters. The number of ether oxygens (including phenoxy) is 2. The molecule has 9 heteroatoms. The number of aliphatic hydroxyl groups excluding tert-OH is 1. The third-order valence-corrected chi connectivity index (χ3v) is 6.24. The Kier molecular flexibility index (Phi) is 8.31. The monoisotopic (exact) mass is 444 g/mol. The molecule has 9 nitrogen and oxygen atoms in total. The van der Waals surface area contributed by atoms with Gasteiger partial charge in [-0.25, -0.2) is 0 Å². The molecule has 2 heterocycles. The van der Waals surface area contributed by atoms with Crippen molar-refractivity contribution in [2.75, 3.05) is 47.0 Å². The Morgan fingerprint density at radius 1 is 1.19 bits per heavy atom. The molecule has 2 amide bonds. The Morgan fingerprint density at radius 2 is 1.94 bits per heavy atom. The van der Waals surface area contributed by atoms with Crippen molar-refractivity contribution >= 4 is 11.8 Å². The molecule has 0 aromatic heterocycles. The average molecular weight is 445 g/mol. The smallest absolute Gasteiger partial charge is 0.237 e. The van der Waals surface area contributed by atoms with Gasteiger partial charge in [0.15, 0.2) is 11.5 Å². The van der Waals surface area contributed by atoms with E-state index in [0.717, 1.165) is 24.0 Å². The Labute approximate surface area is 188 Å². The van der Waals surface area contributed by atoms with E-state index < -0.39 is 0 Å². The van der Waals surface area contributed by atoms with Gasteiger partial charge in [-0.2, -0.15) is 5.26 Å². The Bertz CT molecular complexity index is 869. The van der Waals surface area contributed by atoms with Crippen molar-refractivity contribution in [1.29, 1.82) is 5.26 Å². The largest absolute Gasteiger partial charge is 0.493 e. The van der Waals surface area contributed by atoms with Crippen LogP contribution in [0.4, 0.5) is 0 Å². The molecule has 0 aliphatic carbocycles. The maximum atomic E-state index is 13.0. The number of methoxy groups -OCH3 is 2. The molecule has 1 aromatic carbocycles. The van der Waals surface area contributed by atoms with Crippen LogP contribution in [-0.2, 0) is 16.0 Å². The summed E-state index contributed by atoms with van der Waals surface area (Å²) < 4.78 is 10.8. The second-order valence-electron chi connectivity index (χ2n) is 8.07. The van der Waals surface area contributed by atoms with E-state index in [4.69, 9.17) is 14.7 Å². The third kappa shape index (κ3) is 5.14. The number of carbonyl (C=O) groups excluding carboxylic acids is 2. The van der Waals surface area contributed by atoms with Gasteiger partial charge in [0.2, 0.25) is 11.8 Å². The first kappa shape index (κ1) is 23.8. The minimum absolute atomic E-state index is 0.0279. The van der Waals surface area contributed by atoms with E-state index >= 15 is 0 Å². The van der Waals surface area contributed by atoms with Crippen LogP contribution < -0.4 is 14.8 Å². The number of fused-ring (bicyclic) bond motifs is 1. The van der Waals surface area contributed by atoms with Crippen molar-refractivity contribution in [2.24, 2.45) is 0 Å². The van der Waals surface area contributed by atoms with Gasteiger partial charge >= 0.3 is 0 Å². The second-order valence-corrected chi connectivity index (χ2v) is 8.07. The molecule has 2 aliphatic heterocycles. The normalized spacial score (nSPS) is 19.9. The zero-order chi connectivity index (χ0) is 23.1. The van der Waals surface area contributed by atoms with Gasteiger partial charge in [-0.1, -0.05) is 0 Å². The highest BCUT2D eigenvalue weighted by atomic mass is 16.5. The summed E-state index contributed by atoms with van der Waals surface area (Å²) in [4.78, 5) is 28.7. The number of rotatable bonds is 9. The molecule has 0 radical (unpaired) electrons. The number of aliphatic hydroxyl groups is 1. The second kappa shape index (κ2) is 11.2. The highest BCUT2D eigenvalue weighted by molar-refractivity contribution is 5.80. The van der Waals surface area contributed by atoms with Crippen molar-refractivity contribution in [3.8, 4) is 17.6 Å². The molecule has 3 rings (SSSR count). The minimum atomic E-state index is -0.339. The van der Waals surface area contributed by atoms with Crippen molar-refractivity contribution in [2.45, 2.75) is 44.2 Å². The maximum absolute atomic E-state index is 13.0. The number of nitrogens with one attached hydrogen (secondary N) is 1. The number of benzene rings is 1. The lowest BCUT2D eigenvalue weighted by Crippen LogP contribution is -2.43. The molecule has 2 N–H and O–H groups in total. The van der Waals surface area contributed by atoms with Gasteiger partial charge in [-0.3, -0.25) is 9.59 Å². The Morgan fingerprint density at radius 3 is 2.62 bits per heavy atom. The zero-order valence-corrected chi connectivity index (χ0v) is 18.8. The van der Waals surface area contributed by atoms with E-state index in [2.05, 4.69) is 11.4 Å². The van der Waals surface area contributed by atoms with Gasteiger partial charge in [-0.05, 0) is 48.9 Å². The van der Waals surface area contributed by atoms with Gasteiger partial charge in [0.05, 0.1) is 32.9 Å². The summed E-state index contributed by atoms with van der Waals surface area (Å²) in [5, 5.41) is 21.8. The minimum Gasteiger partial charge on any atom is -0.493 e. The molecule has 0 bridgehead atoms. The molecule has 1 saturated heterocycles. The molecule has 2 atom stereocenters. The van der Waals surface area contributed by atoms with Gasteiger partial charge in [0, 0.05) is 32.7 Å². The first-order valence-corrected chi connectivity index (χ1v) is 11.1. The lowest BCUT2D eigenvalue weighted by atomic mass is 9.90. The highest BCUT2D eigenvalue weighted by Crippen LogP contribution is 2.39. The Balaban J connectivity index is 1.59. The SMILES string of the molecule is COc1cc2c(cc1OC)C(CCO)N(C(=O)CCNCC(=O)N1CCCC1C#N)CC2. The van der Waals surface area contributed by atoms with E-state index in [9.17, 15) is 14.7 Å². The van der Waals surface area contributed by atoms with Crippen LogP contribution in [0, 0.1) is 11.3 Å². The molecule has 0 spiro atoms. The predicted molar refractivity (Wildman–Crippen MR) is 117 cm³/mol. The van der Waals surface area contributed by atoms with Crippen LogP contribution in [0.15, 0.2) is 12.1 Å². The van der Waals surface area contributed by atoms with Crippen molar-refractivity contribution in [3.05, 3.63) is 23.3 Å². The predicted octanol–water partition coefficient (Wildman–Crippen LogP) is 1.01. The fourth-order valence-corrected chi connectivity index (χ4v) is 4.60. The topological polar surface area (TPSA) is 115 Å². The van der Waals surface area contributed by atoms with Crippen LogP contribution >= 0.6 is 0 Å². The lowest BCUT2D eigenvalue weighted by molar-refractivity contribution is -0.135. The zero-order valence-electron chi connectivity index (χ0n) is 18.8. The lowest BCUT2D eigenvalue weighted by Gasteiger charge is -2.38. The Hall–Kier alpha value is -2.83. The van der Waals surface area contributed by atoms with Gasteiger partial charge in [0.1, 0.15) is 6.04 Å². The van der Waals surface area contributed by atoms with Crippen molar-refractivity contribution in [1.82, 2.24) is 15.1 Å². The number of nitrogens with zero attached hydrogens (tertiary/aromatic N) is 3. The fraction of sp³-hybridized carbons (Fsp3) is 0.609. The molecular formula is C23H32N4O5. The number of carbonyl (C=O) groups is 2. The summed E-state index contributed by atoms with van der Waals surface area (Å²) >= 11 is 0.